The molecular formula is C14H17ClN2O3. The SMILES string of the molecule is CCCC1CCN(C(=O)c2ccc(Cl)c([N+](=O)[O-])c2)C1. The molecule has 0 radical (unpaired) electrons. The Morgan fingerprint density at radius 2 is 2.30 bits per heavy atom. The van der Waals surface area contributed by atoms with Crippen LogP contribution >= 0.6 is 11.6 Å². The second kappa shape index (κ2) is 6.22. The van der Waals surface area contributed by atoms with Crippen molar-refractivity contribution in [1.82, 2.24) is 4.90 Å². The lowest BCUT2D eigenvalue weighted by atomic mass is 10.0. The fourth-order valence-corrected chi connectivity index (χ4v) is 2.82. The van der Waals surface area contributed by atoms with Gasteiger partial charge in [-0.3, -0.25) is 14.9 Å². The maximum Gasteiger partial charge on any atom is 0.288 e. The largest absolute Gasteiger partial charge is 0.338 e. The quantitative estimate of drug-likeness (QED) is 0.631. The van der Waals surface area contributed by atoms with Gasteiger partial charge in [0.05, 0.1) is 4.92 Å². The first-order chi connectivity index (χ1) is 9.52. The summed E-state index contributed by atoms with van der Waals surface area (Å²) in [5.74, 6) is 0.398. The molecular weight excluding hydrogens is 280 g/mol. The second-order valence-corrected chi connectivity index (χ2v) is 5.53. The maximum absolute atomic E-state index is 12.3. The molecule has 0 aliphatic carbocycles. The minimum absolute atomic E-state index is 0.0526. The van der Waals surface area contributed by atoms with Gasteiger partial charge in [0.1, 0.15) is 5.02 Å². The molecule has 0 saturated carbocycles. The van der Waals surface area contributed by atoms with E-state index in [4.69, 9.17) is 11.6 Å². The van der Waals surface area contributed by atoms with Crippen LogP contribution in [0.5, 0.6) is 0 Å². The molecule has 1 aromatic carbocycles. The van der Waals surface area contributed by atoms with Crippen molar-refractivity contribution >= 4 is 23.2 Å². The molecule has 1 saturated heterocycles. The minimum atomic E-state index is -0.566. The van der Waals surface area contributed by atoms with Crippen LogP contribution in [0.4, 0.5) is 5.69 Å². The minimum Gasteiger partial charge on any atom is -0.338 e. The predicted molar refractivity (Wildman–Crippen MR) is 77.0 cm³/mol. The highest BCUT2D eigenvalue weighted by Crippen LogP contribution is 2.27. The zero-order chi connectivity index (χ0) is 14.7. The predicted octanol–water partition coefficient (Wildman–Crippen LogP) is 3.51. The van der Waals surface area contributed by atoms with E-state index >= 15 is 0 Å². The smallest absolute Gasteiger partial charge is 0.288 e. The monoisotopic (exact) mass is 296 g/mol. The van der Waals surface area contributed by atoms with Crippen LogP contribution in [0, 0.1) is 16.0 Å². The molecule has 1 aliphatic heterocycles. The lowest BCUT2D eigenvalue weighted by molar-refractivity contribution is -0.384. The van der Waals surface area contributed by atoms with E-state index in [1.807, 2.05) is 0 Å². The summed E-state index contributed by atoms with van der Waals surface area (Å²) in [5, 5.41) is 10.9. The number of amides is 1. The van der Waals surface area contributed by atoms with Crippen LogP contribution in [0.3, 0.4) is 0 Å². The van der Waals surface area contributed by atoms with E-state index in [-0.39, 0.29) is 16.6 Å². The Hall–Kier alpha value is -1.62. The number of likely N-dealkylation sites (tertiary alicyclic amines) is 1. The van der Waals surface area contributed by atoms with Gasteiger partial charge in [-0.25, -0.2) is 0 Å². The Kier molecular flexibility index (Phi) is 4.60. The fraction of sp³-hybridized carbons (Fsp3) is 0.500. The molecule has 1 amide bonds. The van der Waals surface area contributed by atoms with Crippen molar-refractivity contribution in [3.63, 3.8) is 0 Å². The normalized spacial score (nSPS) is 18.3. The summed E-state index contributed by atoms with van der Waals surface area (Å²) < 4.78 is 0. The highest BCUT2D eigenvalue weighted by molar-refractivity contribution is 6.32. The highest BCUT2D eigenvalue weighted by atomic mass is 35.5. The standard InChI is InChI=1S/C14H17ClN2O3/c1-2-3-10-6-7-16(9-10)14(18)11-4-5-12(15)13(8-11)17(19)20/h4-5,8,10H,2-3,6-7,9H2,1H3. The summed E-state index contributed by atoms with van der Waals surface area (Å²) >= 11 is 5.75. The van der Waals surface area contributed by atoms with Gasteiger partial charge in [-0.2, -0.15) is 0 Å². The second-order valence-electron chi connectivity index (χ2n) is 5.12. The molecule has 1 aliphatic rings. The van der Waals surface area contributed by atoms with Crippen LogP contribution in [0.2, 0.25) is 5.02 Å². The first-order valence-electron chi connectivity index (χ1n) is 6.76. The van der Waals surface area contributed by atoms with Crippen molar-refractivity contribution in [2.45, 2.75) is 26.2 Å². The third-order valence-corrected chi connectivity index (χ3v) is 3.98. The van der Waals surface area contributed by atoms with Crippen molar-refractivity contribution in [2.75, 3.05) is 13.1 Å². The molecule has 1 fully saturated rings. The molecule has 0 aromatic heterocycles. The number of hydrogen-bond donors (Lipinski definition) is 0. The summed E-state index contributed by atoms with van der Waals surface area (Å²) in [6.45, 7) is 3.59. The van der Waals surface area contributed by atoms with Gasteiger partial charge in [0.15, 0.2) is 0 Å². The van der Waals surface area contributed by atoms with E-state index < -0.39 is 4.92 Å². The summed E-state index contributed by atoms with van der Waals surface area (Å²) in [4.78, 5) is 24.4. The molecule has 20 heavy (non-hydrogen) atoms. The Morgan fingerprint density at radius 1 is 1.55 bits per heavy atom. The lowest BCUT2D eigenvalue weighted by Gasteiger charge is -2.16. The number of rotatable bonds is 4. The van der Waals surface area contributed by atoms with Crippen LogP contribution in [-0.2, 0) is 0 Å². The summed E-state index contributed by atoms with van der Waals surface area (Å²) in [7, 11) is 0. The third kappa shape index (κ3) is 3.10. The summed E-state index contributed by atoms with van der Waals surface area (Å²) in [6.07, 6.45) is 3.24. The molecule has 108 valence electrons. The molecule has 1 aromatic rings. The van der Waals surface area contributed by atoms with E-state index in [0.29, 0.717) is 11.5 Å². The topological polar surface area (TPSA) is 63.5 Å². The van der Waals surface area contributed by atoms with Crippen LogP contribution in [0.25, 0.3) is 0 Å². The van der Waals surface area contributed by atoms with Gasteiger partial charge >= 0.3 is 0 Å². The Balaban J connectivity index is 2.14. The fourth-order valence-electron chi connectivity index (χ4n) is 2.63. The number of halogens is 1. The number of carbonyl (C=O) groups is 1. The van der Waals surface area contributed by atoms with Crippen LogP contribution in [0.15, 0.2) is 18.2 Å². The molecule has 1 unspecified atom stereocenters. The molecule has 5 nitrogen and oxygen atoms in total. The molecule has 1 atom stereocenters. The van der Waals surface area contributed by atoms with Gasteiger partial charge in [0, 0.05) is 24.7 Å². The maximum atomic E-state index is 12.3. The summed E-state index contributed by atoms with van der Waals surface area (Å²) in [5.41, 5.74) is 0.111. The van der Waals surface area contributed by atoms with Crippen molar-refractivity contribution in [3.8, 4) is 0 Å². The van der Waals surface area contributed by atoms with Gasteiger partial charge < -0.3 is 4.90 Å². The molecule has 0 spiro atoms. The molecule has 2 rings (SSSR count). The Labute approximate surface area is 122 Å². The van der Waals surface area contributed by atoms with Gasteiger partial charge in [0.25, 0.3) is 11.6 Å². The number of nitrogens with zero attached hydrogens (tertiary/aromatic N) is 2. The van der Waals surface area contributed by atoms with Crippen molar-refractivity contribution in [2.24, 2.45) is 5.92 Å². The number of hydrogen-bond acceptors (Lipinski definition) is 3. The van der Waals surface area contributed by atoms with E-state index in [2.05, 4.69) is 6.92 Å². The van der Waals surface area contributed by atoms with E-state index in [9.17, 15) is 14.9 Å². The third-order valence-electron chi connectivity index (χ3n) is 3.66. The number of nitro benzene ring substituents is 1. The lowest BCUT2D eigenvalue weighted by Crippen LogP contribution is -2.28. The van der Waals surface area contributed by atoms with E-state index in [0.717, 1.165) is 32.4 Å². The first-order valence-corrected chi connectivity index (χ1v) is 7.14. The number of benzene rings is 1. The zero-order valence-electron chi connectivity index (χ0n) is 11.3. The van der Waals surface area contributed by atoms with Crippen LogP contribution < -0.4 is 0 Å². The van der Waals surface area contributed by atoms with Crippen molar-refractivity contribution in [1.29, 1.82) is 0 Å². The average Bonchev–Trinajstić information content (AvgIpc) is 2.87. The number of nitro groups is 1. The molecule has 0 N–H and O–H groups in total. The molecule has 6 heteroatoms. The van der Waals surface area contributed by atoms with Crippen molar-refractivity contribution < 1.29 is 9.72 Å². The van der Waals surface area contributed by atoms with Gasteiger partial charge in [-0.15, -0.1) is 0 Å². The number of carbonyl (C=O) groups excluding carboxylic acids is 1. The van der Waals surface area contributed by atoms with Gasteiger partial charge in [-0.1, -0.05) is 24.9 Å². The van der Waals surface area contributed by atoms with Crippen molar-refractivity contribution in [3.05, 3.63) is 38.9 Å². The first kappa shape index (κ1) is 14.8. The molecule has 0 bridgehead atoms. The highest BCUT2D eigenvalue weighted by Gasteiger charge is 2.27. The van der Waals surface area contributed by atoms with Crippen LogP contribution in [-0.4, -0.2) is 28.8 Å². The Bertz CT molecular complexity index is 533. The van der Waals surface area contributed by atoms with Gasteiger partial charge in [0.2, 0.25) is 0 Å². The summed E-state index contributed by atoms with van der Waals surface area (Å²) in [6, 6.07) is 4.22. The van der Waals surface area contributed by atoms with Gasteiger partial charge in [-0.05, 0) is 30.9 Å². The molecule has 1 heterocycles. The average molecular weight is 297 g/mol. The van der Waals surface area contributed by atoms with E-state index in [1.54, 1.807) is 11.0 Å². The Morgan fingerprint density at radius 3 is 2.95 bits per heavy atom. The zero-order valence-corrected chi connectivity index (χ0v) is 12.1. The van der Waals surface area contributed by atoms with E-state index in [1.165, 1.54) is 12.1 Å². The van der Waals surface area contributed by atoms with Crippen LogP contribution in [0.1, 0.15) is 36.5 Å².